The van der Waals surface area contributed by atoms with Crippen molar-refractivity contribution in [3.8, 4) is 17.1 Å². The van der Waals surface area contributed by atoms with Crippen molar-refractivity contribution in [1.29, 1.82) is 0 Å². The minimum atomic E-state index is -0.347. The van der Waals surface area contributed by atoms with Gasteiger partial charge in [-0.3, -0.25) is 4.90 Å². The molecule has 208 valence electrons. The number of hydrogen-bond donors (Lipinski definition) is 1. The Morgan fingerprint density at radius 2 is 1.82 bits per heavy atom. The fourth-order valence-corrected chi connectivity index (χ4v) is 5.48. The Hall–Kier alpha value is -3.63. The molecule has 39 heavy (non-hydrogen) atoms. The molecule has 3 aromatic rings. The van der Waals surface area contributed by atoms with Gasteiger partial charge in [0.15, 0.2) is 0 Å². The normalized spacial score (nSPS) is 17.3. The summed E-state index contributed by atoms with van der Waals surface area (Å²) >= 11 is 0. The number of benzene rings is 1. The summed E-state index contributed by atoms with van der Waals surface area (Å²) in [6, 6.07) is 10.5. The number of rotatable bonds is 8. The third-order valence-corrected chi connectivity index (χ3v) is 7.75. The van der Waals surface area contributed by atoms with Crippen LogP contribution in [0.5, 0.6) is 5.75 Å². The van der Waals surface area contributed by atoms with Crippen LogP contribution in [0, 0.1) is 0 Å². The van der Waals surface area contributed by atoms with Crippen LogP contribution in [-0.4, -0.2) is 96.4 Å². The lowest BCUT2D eigenvalue weighted by molar-refractivity contribution is 0.0526. The first-order valence-corrected chi connectivity index (χ1v) is 13.7. The summed E-state index contributed by atoms with van der Waals surface area (Å²) in [5.74, 6) is 0.844. The SMILES string of the molecule is CCOC(=O)c1cc(-c2ccnc(Nc3ccc(N4CCC(N5CCN(C)CC5)CC4)cc3OC)n2)n(C)c1. The van der Waals surface area contributed by atoms with E-state index in [1.807, 2.05) is 23.7 Å². The van der Waals surface area contributed by atoms with Crippen molar-refractivity contribution >= 4 is 23.3 Å². The number of carbonyl (C=O) groups excluding carboxylic acids is 1. The third-order valence-electron chi connectivity index (χ3n) is 7.75. The van der Waals surface area contributed by atoms with Crippen molar-refractivity contribution in [3.63, 3.8) is 0 Å². The fourth-order valence-electron chi connectivity index (χ4n) is 5.48. The second-order valence-corrected chi connectivity index (χ2v) is 10.3. The van der Waals surface area contributed by atoms with Gasteiger partial charge in [0.25, 0.3) is 0 Å². The van der Waals surface area contributed by atoms with Gasteiger partial charge in [-0.15, -0.1) is 0 Å². The summed E-state index contributed by atoms with van der Waals surface area (Å²) in [5, 5.41) is 3.31. The van der Waals surface area contributed by atoms with E-state index < -0.39 is 0 Å². The van der Waals surface area contributed by atoms with E-state index in [4.69, 9.17) is 14.5 Å². The zero-order chi connectivity index (χ0) is 27.4. The Labute approximate surface area is 230 Å². The molecule has 10 nitrogen and oxygen atoms in total. The molecule has 4 heterocycles. The molecule has 2 aromatic heterocycles. The maximum absolute atomic E-state index is 12.2. The highest BCUT2D eigenvalue weighted by Crippen LogP contribution is 2.33. The number of esters is 1. The lowest BCUT2D eigenvalue weighted by Gasteiger charge is -2.42. The molecule has 2 aliphatic rings. The fraction of sp³-hybridized carbons (Fsp3) is 0.483. The Bertz CT molecular complexity index is 1280. The van der Waals surface area contributed by atoms with E-state index in [0.29, 0.717) is 29.9 Å². The molecule has 0 spiro atoms. The Morgan fingerprint density at radius 3 is 2.54 bits per heavy atom. The zero-order valence-corrected chi connectivity index (χ0v) is 23.4. The van der Waals surface area contributed by atoms with Crippen LogP contribution < -0.4 is 15.0 Å². The van der Waals surface area contributed by atoms with Crippen molar-refractivity contribution in [3.05, 3.63) is 48.3 Å². The van der Waals surface area contributed by atoms with E-state index >= 15 is 0 Å². The van der Waals surface area contributed by atoms with Crippen molar-refractivity contribution in [2.75, 3.05) is 70.2 Å². The first-order chi connectivity index (χ1) is 18.9. The van der Waals surface area contributed by atoms with Crippen LogP contribution in [-0.2, 0) is 11.8 Å². The maximum Gasteiger partial charge on any atom is 0.339 e. The molecule has 1 aromatic carbocycles. The number of nitrogens with zero attached hydrogens (tertiary/aromatic N) is 6. The molecule has 0 unspecified atom stereocenters. The first kappa shape index (κ1) is 27.0. The van der Waals surface area contributed by atoms with Crippen molar-refractivity contribution < 1.29 is 14.3 Å². The smallest absolute Gasteiger partial charge is 0.339 e. The van der Waals surface area contributed by atoms with Gasteiger partial charge in [0.2, 0.25) is 5.95 Å². The maximum atomic E-state index is 12.2. The van der Waals surface area contributed by atoms with Crippen molar-refractivity contribution in [2.45, 2.75) is 25.8 Å². The van der Waals surface area contributed by atoms with E-state index in [9.17, 15) is 4.79 Å². The molecule has 0 amide bonds. The van der Waals surface area contributed by atoms with E-state index in [1.54, 1.807) is 32.5 Å². The van der Waals surface area contributed by atoms with Crippen LogP contribution in [0.1, 0.15) is 30.1 Å². The van der Waals surface area contributed by atoms with Crippen molar-refractivity contribution in [1.82, 2.24) is 24.3 Å². The van der Waals surface area contributed by atoms with Crippen LogP contribution in [0.2, 0.25) is 0 Å². The second-order valence-electron chi connectivity index (χ2n) is 10.3. The van der Waals surface area contributed by atoms with Gasteiger partial charge in [-0.1, -0.05) is 0 Å². The minimum absolute atomic E-state index is 0.333. The molecular formula is C29H39N7O3. The van der Waals surface area contributed by atoms with Gasteiger partial charge in [0, 0.05) is 76.5 Å². The van der Waals surface area contributed by atoms with E-state index in [-0.39, 0.29) is 5.97 Å². The molecule has 10 heteroatoms. The Kier molecular flexibility index (Phi) is 8.33. The Morgan fingerprint density at radius 1 is 1.05 bits per heavy atom. The first-order valence-electron chi connectivity index (χ1n) is 13.7. The molecular weight excluding hydrogens is 494 g/mol. The lowest BCUT2D eigenvalue weighted by Crippen LogP contribution is -2.52. The monoisotopic (exact) mass is 533 g/mol. The highest BCUT2D eigenvalue weighted by Gasteiger charge is 2.27. The van der Waals surface area contributed by atoms with Gasteiger partial charge in [-0.2, -0.15) is 0 Å². The van der Waals surface area contributed by atoms with E-state index in [1.165, 1.54) is 31.6 Å². The van der Waals surface area contributed by atoms with Crippen LogP contribution in [0.3, 0.4) is 0 Å². The van der Waals surface area contributed by atoms with Crippen LogP contribution >= 0.6 is 0 Å². The summed E-state index contributed by atoms with van der Waals surface area (Å²) in [6.45, 7) is 8.90. The Balaban J connectivity index is 1.26. The number of likely N-dealkylation sites (N-methyl/N-ethyl adjacent to an activating group) is 1. The molecule has 1 N–H and O–H groups in total. The van der Waals surface area contributed by atoms with Crippen LogP contribution in [0.4, 0.5) is 17.3 Å². The molecule has 0 atom stereocenters. The molecule has 2 fully saturated rings. The summed E-state index contributed by atoms with van der Waals surface area (Å²) in [4.78, 5) is 28.8. The number of piperidine rings is 1. The number of piperazine rings is 1. The lowest BCUT2D eigenvalue weighted by atomic mass is 10.0. The summed E-state index contributed by atoms with van der Waals surface area (Å²) in [6.07, 6.45) is 5.82. The van der Waals surface area contributed by atoms with Crippen molar-refractivity contribution in [2.24, 2.45) is 7.05 Å². The van der Waals surface area contributed by atoms with E-state index in [2.05, 4.69) is 44.2 Å². The van der Waals surface area contributed by atoms with Crippen LogP contribution in [0.15, 0.2) is 42.7 Å². The highest BCUT2D eigenvalue weighted by molar-refractivity contribution is 5.90. The average Bonchev–Trinajstić information content (AvgIpc) is 3.36. The summed E-state index contributed by atoms with van der Waals surface area (Å²) in [5.41, 5.74) is 3.95. The van der Waals surface area contributed by atoms with Gasteiger partial charge >= 0.3 is 5.97 Å². The zero-order valence-electron chi connectivity index (χ0n) is 23.4. The number of anilines is 3. The predicted molar refractivity (Wildman–Crippen MR) is 153 cm³/mol. The number of methoxy groups -OCH3 is 1. The van der Waals surface area contributed by atoms with E-state index in [0.717, 1.165) is 43.3 Å². The molecule has 2 aliphatic heterocycles. The number of aryl methyl sites for hydroxylation is 1. The van der Waals surface area contributed by atoms with Crippen LogP contribution in [0.25, 0.3) is 11.4 Å². The van der Waals surface area contributed by atoms with Gasteiger partial charge in [0.05, 0.1) is 36.4 Å². The molecule has 0 saturated carbocycles. The topological polar surface area (TPSA) is 88.0 Å². The highest BCUT2D eigenvalue weighted by atomic mass is 16.5. The molecule has 0 radical (unpaired) electrons. The minimum Gasteiger partial charge on any atom is -0.494 e. The van der Waals surface area contributed by atoms with Gasteiger partial charge in [-0.25, -0.2) is 14.8 Å². The number of nitrogens with one attached hydrogen (secondary N) is 1. The standard InChI is InChI=1S/C29H39N7O3/c1-5-39-28(37)21-18-26(34(3)20-21)24-8-11-30-29(31-24)32-25-7-6-23(19-27(25)38-4)35-12-9-22(10-13-35)36-16-14-33(2)15-17-36/h6-8,11,18-20,22H,5,9-10,12-17H2,1-4H3,(H,30,31,32). The largest absolute Gasteiger partial charge is 0.494 e. The number of aromatic nitrogens is 3. The quantitative estimate of drug-likeness (QED) is 0.436. The third kappa shape index (κ3) is 6.17. The number of ether oxygens (including phenoxy) is 2. The molecule has 5 rings (SSSR count). The number of carbonyl (C=O) groups is 1. The summed E-state index contributed by atoms with van der Waals surface area (Å²) < 4.78 is 12.7. The molecule has 0 bridgehead atoms. The molecule has 0 aliphatic carbocycles. The van der Waals surface area contributed by atoms with Gasteiger partial charge in [0.1, 0.15) is 5.75 Å². The van der Waals surface area contributed by atoms with Gasteiger partial charge < -0.3 is 29.2 Å². The number of hydrogen-bond acceptors (Lipinski definition) is 9. The second kappa shape index (κ2) is 12.0. The van der Waals surface area contributed by atoms with Gasteiger partial charge in [-0.05, 0) is 51.1 Å². The molecule has 2 saturated heterocycles. The average molecular weight is 534 g/mol. The summed E-state index contributed by atoms with van der Waals surface area (Å²) in [7, 11) is 5.77. The predicted octanol–water partition coefficient (Wildman–Crippen LogP) is 3.63.